The molecule has 1 aromatic carbocycles. The third kappa shape index (κ3) is 2.26. The number of hydrogen-bond acceptors (Lipinski definition) is 3. The monoisotopic (exact) mass is 236 g/mol. The van der Waals surface area contributed by atoms with Crippen molar-refractivity contribution in [1.29, 1.82) is 0 Å². The number of ether oxygens (including phenoxy) is 2. The lowest BCUT2D eigenvalue weighted by Gasteiger charge is -2.34. The van der Waals surface area contributed by atoms with Crippen LogP contribution in [0, 0.1) is 0 Å². The van der Waals surface area contributed by atoms with Gasteiger partial charge < -0.3 is 14.6 Å². The van der Waals surface area contributed by atoms with Crippen LogP contribution in [0.5, 0.6) is 5.75 Å². The van der Waals surface area contributed by atoms with Crippen molar-refractivity contribution in [3.63, 3.8) is 0 Å². The second-order valence-corrected chi connectivity index (χ2v) is 4.12. The maximum Gasteiger partial charge on any atom is 0.377 e. The quantitative estimate of drug-likeness (QED) is 0.870. The van der Waals surface area contributed by atoms with Gasteiger partial charge in [-0.3, -0.25) is 0 Å². The van der Waals surface area contributed by atoms with E-state index >= 15 is 0 Å². The Morgan fingerprint density at radius 1 is 1.53 bits per heavy atom. The fraction of sp³-hybridized carbons (Fsp3) is 0.462. The van der Waals surface area contributed by atoms with Crippen LogP contribution in [0.15, 0.2) is 24.3 Å². The van der Waals surface area contributed by atoms with E-state index in [2.05, 4.69) is 0 Å². The van der Waals surface area contributed by atoms with Crippen LogP contribution in [0.1, 0.15) is 25.3 Å². The van der Waals surface area contributed by atoms with E-state index in [1.807, 2.05) is 25.1 Å². The number of para-hydroxylation sites is 1. The van der Waals surface area contributed by atoms with Gasteiger partial charge in [0.15, 0.2) is 0 Å². The number of benzene rings is 1. The van der Waals surface area contributed by atoms with E-state index in [0.29, 0.717) is 25.2 Å². The smallest absolute Gasteiger partial charge is 0.377 e. The van der Waals surface area contributed by atoms with Crippen molar-refractivity contribution in [2.75, 3.05) is 6.61 Å². The molecule has 0 saturated carbocycles. The molecule has 0 spiro atoms. The predicted molar refractivity (Wildman–Crippen MR) is 62.0 cm³/mol. The van der Waals surface area contributed by atoms with E-state index in [9.17, 15) is 9.90 Å². The Balaban J connectivity index is 2.24. The number of carbonyl (C=O) groups is 1. The molecule has 1 aliphatic rings. The molecule has 0 amide bonds. The standard InChI is InChI=1S/C13H16O4/c1-2-9-16-13(12(14)15)8-7-10-5-3-4-6-11(10)17-13/h3-6H,2,7-9H2,1H3,(H,14,15). The summed E-state index contributed by atoms with van der Waals surface area (Å²) in [5.74, 6) is -1.96. The van der Waals surface area contributed by atoms with Crippen LogP contribution in [0.25, 0.3) is 0 Å². The predicted octanol–water partition coefficient (Wildman–Crippen LogP) is 2.22. The summed E-state index contributed by atoms with van der Waals surface area (Å²) in [5.41, 5.74) is 1.03. The number of fused-ring (bicyclic) bond motifs is 1. The number of carboxylic acids is 1. The number of rotatable bonds is 4. The average molecular weight is 236 g/mol. The SMILES string of the molecule is CCCOC1(C(=O)O)CCc2ccccc2O1. The van der Waals surface area contributed by atoms with Crippen molar-refractivity contribution >= 4 is 5.97 Å². The third-order valence-corrected chi connectivity index (χ3v) is 2.84. The minimum absolute atomic E-state index is 0.347. The highest BCUT2D eigenvalue weighted by Crippen LogP contribution is 2.34. The fourth-order valence-electron chi connectivity index (χ4n) is 1.92. The van der Waals surface area contributed by atoms with Gasteiger partial charge in [0.1, 0.15) is 5.75 Å². The number of carboxylic acid groups (broad SMARTS) is 1. The summed E-state index contributed by atoms with van der Waals surface area (Å²) < 4.78 is 11.0. The van der Waals surface area contributed by atoms with Crippen LogP contribution in [0.2, 0.25) is 0 Å². The van der Waals surface area contributed by atoms with E-state index in [4.69, 9.17) is 9.47 Å². The van der Waals surface area contributed by atoms with Crippen molar-refractivity contribution in [1.82, 2.24) is 0 Å². The summed E-state index contributed by atoms with van der Waals surface area (Å²) in [4.78, 5) is 11.3. The van der Waals surface area contributed by atoms with Crippen LogP contribution < -0.4 is 4.74 Å². The summed E-state index contributed by atoms with van der Waals surface area (Å²) in [7, 11) is 0. The first kappa shape index (κ1) is 11.9. The molecule has 4 nitrogen and oxygen atoms in total. The second-order valence-electron chi connectivity index (χ2n) is 4.12. The molecular formula is C13H16O4. The van der Waals surface area contributed by atoms with Gasteiger partial charge in [-0.2, -0.15) is 0 Å². The highest BCUT2D eigenvalue weighted by molar-refractivity contribution is 5.76. The zero-order valence-corrected chi connectivity index (χ0v) is 9.81. The molecule has 1 aliphatic heterocycles. The van der Waals surface area contributed by atoms with Crippen LogP contribution in [0.3, 0.4) is 0 Å². The van der Waals surface area contributed by atoms with Gasteiger partial charge in [-0.05, 0) is 24.5 Å². The number of hydrogen-bond donors (Lipinski definition) is 1. The molecule has 2 rings (SSSR count). The van der Waals surface area contributed by atoms with Crippen molar-refractivity contribution in [2.24, 2.45) is 0 Å². The molecule has 1 heterocycles. The van der Waals surface area contributed by atoms with Gasteiger partial charge >= 0.3 is 11.8 Å². The van der Waals surface area contributed by atoms with Gasteiger partial charge in [0, 0.05) is 6.42 Å². The van der Waals surface area contributed by atoms with Gasteiger partial charge in [0.05, 0.1) is 6.61 Å². The molecule has 17 heavy (non-hydrogen) atoms. The summed E-state index contributed by atoms with van der Waals surface area (Å²) in [6.45, 7) is 2.32. The highest BCUT2D eigenvalue weighted by atomic mass is 16.7. The normalized spacial score (nSPS) is 22.6. The minimum Gasteiger partial charge on any atom is -0.476 e. The number of aryl methyl sites for hydroxylation is 1. The van der Waals surface area contributed by atoms with E-state index < -0.39 is 11.8 Å². The molecule has 1 N–H and O–H groups in total. The second kappa shape index (κ2) is 4.75. The lowest BCUT2D eigenvalue weighted by atomic mass is 10.00. The summed E-state index contributed by atoms with van der Waals surface area (Å²) in [5, 5.41) is 9.29. The van der Waals surface area contributed by atoms with Gasteiger partial charge in [0.2, 0.25) is 0 Å². The molecular weight excluding hydrogens is 220 g/mol. The molecule has 4 heteroatoms. The van der Waals surface area contributed by atoms with Crippen molar-refractivity contribution in [3.05, 3.63) is 29.8 Å². The zero-order valence-electron chi connectivity index (χ0n) is 9.81. The lowest BCUT2D eigenvalue weighted by molar-refractivity contribution is -0.217. The summed E-state index contributed by atoms with van der Waals surface area (Å²) >= 11 is 0. The van der Waals surface area contributed by atoms with E-state index in [1.54, 1.807) is 6.07 Å². The van der Waals surface area contributed by atoms with Crippen LogP contribution in [-0.4, -0.2) is 23.5 Å². The maximum atomic E-state index is 11.3. The van der Waals surface area contributed by atoms with Gasteiger partial charge in [-0.1, -0.05) is 25.1 Å². The van der Waals surface area contributed by atoms with E-state index in [0.717, 1.165) is 12.0 Å². The molecule has 0 bridgehead atoms. The van der Waals surface area contributed by atoms with E-state index in [1.165, 1.54) is 0 Å². The molecule has 1 aromatic rings. The maximum absolute atomic E-state index is 11.3. The minimum atomic E-state index is -1.51. The Hall–Kier alpha value is -1.55. The van der Waals surface area contributed by atoms with Gasteiger partial charge in [-0.25, -0.2) is 4.79 Å². The molecule has 0 radical (unpaired) electrons. The molecule has 0 saturated heterocycles. The first-order chi connectivity index (χ1) is 8.18. The molecule has 0 aliphatic carbocycles. The molecule has 0 fully saturated rings. The molecule has 1 atom stereocenters. The highest BCUT2D eigenvalue weighted by Gasteiger charge is 2.45. The average Bonchev–Trinajstić information content (AvgIpc) is 2.36. The van der Waals surface area contributed by atoms with Crippen LogP contribution >= 0.6 is 0 Å². The molecule has 1 unspecified atom stereocenters. The van der Waals surface area contributed by atoms with Gasteiger partial charge in [0.25, 0.3) is 0 Å². The Morgan fingerprint density at radius 3 is 3.00 bits per heavy atom. The lowest BCUT2D eigenvalue weighted by Crippen LogP contribution is -2.49. The first-order valence-electron chi connectivity index (χ1n) is 5.82. The topological polar surface area (TPSA) is 55.8 Å². The Kier molecular flexibility index (Phi) is 3.33. The van der Waals surface area contributed by atoms with E-state index in [-0.39, 0.29) is 0 Å². The third-order valence-electron chi connectivity index (χ3n) is 2.84. The fourth-order valence-corrected chi connectivity index (χ4v) is 1.92. The Labute approximate surface area is 100 Å². The molecule has 92 valence electrons. The van der Waals surface area contributed by atoms with Crippen molar-refractivity contribution in [3.8, 4) is 5.75 Å². The molecule has 0 aromatic heterocycles. The largest absolute Gasteiger partial charge is 0.476 e. The van der Waals surface area contributed by atoms with Crippen molar-refractivity contribution in [2.45, 2.75) is 32.0 Å². The zero-order chi connectivity index (χ0) is 12.3. The first-order valence-corrected chi connectivity index (χ1v) is 5.82. The van der Waals surface area contributed by atoms with Crippen LogP contribution in [0.4, 0.5) is 0 Å². The summed E-state index contributed by atoms with van der Waals surface area (Å²) in [6.07, 6.45) is 1.77. The Bertz CT molecular complexity index is 416. The number of aliphatic carboxylic acids is 1. The van der Waals surface area contributed by atoms with Crippen LogP contribution in [-0.2, 0) is 16.0 Å². The van der Waals surface area contributed by atoms with Gasteiger partial charge in [-0.15, -0.1) is 0 Å². The summed E-state index contributed by atoms with van der Waals surface area (Å²) in [6, 6.07) is 7.47. The van der Waals surface area contributed by atoms with Crippen molar-refractivity contribution < 1.29 is 19.4 Å². The Morgan fingerprint density at radius 2 is 2.29 bits per heavy atom.